The van der Waals surface area contributed by atoms with Gasteiger partial charge in [-0.2, -0.15) is 0 Å². The van der Waals surface area contributed by atoms with E-state index >= 15 is 0 Å². The largest absolute Gasteiger partial charge is 0.342 e. The van der Waals surface area contributed by atoms with E-state index in [-0.39, 0.29) is 0 Å². The maximum absolute atomic E-state index is 11.5. The van der Waals surface area contributed by atoms with E-state index in [0.29, 0.717) is 18.2 Å². The summed E-state index contributed by atoms with van der Waals surface area (Å²) in [4.78, 5) is 13.5. The minimum atomic E-state index is 0.344. The second-order valence-corrected chi connectivity index (χ2v) is 4.38. The van der Waals surface area contributed by atoms with Crippen molar-refractivity contribution in [2.45, 2.75) is 25.7 Å². The highest BCUT2D eigenvalue weighted by atomic mass is 16.2. The van der Waals surface area contributed by atoms with E-state index in [2.05, 4.69) is 0 Å². The van der Waals surface area contributed by atoms with Crippen molar-refractivity contribution in [3.8, 4) is 0 Å². The van der Waals surface area contributed by atoms with Crippen LogP contribution in [-0.4, -0.2) is 30.4 Å². The average molecular weight is 182 g/mol. The first kappa shape index (κ1) is 9.00. The van der Waals surface area contributed by atoms with Crippen molar-refractivity contribution in [2.75, 3.05) is 19.6 Å². The number of nitrogens with two attached hydrogens (primary N) is 1. The third kappa shape index (κ3) is 2.21. The van der Waals surface area contributed by atoms with Gasteiger partial charge in [0.25, 0.3) is 0 Å². The van der Waals surface area contributed by atoms with Crippen molar-refractivity contribution >= 4 is 5.91 Å². The Morgan fingerprint density at radius 3 is 2.69 bits per heavy atom. The fraction of sp³-hybridized carbons (Fsp3) is 0.900. The summed E-state index contributed by atoms with van der Waals surface area (Å²) in [6, 6.07) is 0. The summed E-state index contributed by atoms with van der Waals surface area (Å²) >= 11 is 0. The lowest BCUT2D eigenvalue weighted by atomic mass is 9.97. The zero-order chi connectivity index (χ0) is 9.26. The van der Waals surface area contributed by atoms with Gasteiger partial charge in [-0.05, 0) is 37.6 Å². The zero-order valence-electron chi connectivity index (χ0n) is 8.04. The van der Waals surface area contributed by atoms with E-state index < -0.39 is 0 Å². The Hall–Kier alpha value is -0.570. The van der Waals surface area contributed by atoms with Crippen LogP contribution >= 0.6 is 0 Å². The maximum Gasteiger partial charge on any atom is 0.222 e. The number of hydrogen-bond acceptors (Lipinski definition) is 2. The number of piperidine rings is 1. The minimum absolute atomic E-state index is 0.344. The van der Waals surface area contributed by atoms with Crippen LogP contribution in [0.1, 0.15) is 25.7 Å². The second kappa shape index (κ2) is 3.66. The van der Waals surface area contributed by atoms with Gasteiger partial charge in [0.15, 0.2) is 0 Å². The van der Waals surface area contributed by atoms with Crippen molar-refractivity contribution in [2.24, 2.45) is 17.6 Å². The number of carbonyl (C=O) groups is 1. The molecule has 2 aliphatic rings. The second-order valence-electron chi connectivity index (χ2n) is 4.38. The summed E-state index contributed by atoms with van der Waals surface area (Å²) in [5.41, 5.74) is 5.62. The van der Waals surface area contributed by atoms with Gasteiger partial charge in [-0.3, -0.25) is 4.79 Å². The lowest BCUT2D eigenvalue weighted by molar-refractivity contribution is -0.134. The third-order valence-corrected chi connectivity index (χ3v) is 3.11. The molecular formula is C10H18N2O. The van der Waals surface area contributed by atoms with Gasteiger partial charge in [0.05, 0.1) is 0 Å². The molecule has 1 amide bonds. The van der Waals surface area contributed by atoms with Crippen molar-refractivity contribution in [3.63, 3.8) is 0 Å². The number of amides is 1. The van der Waals surface area contributed by atoms with Gasteiger partial charge in [-0.1, -0.05) is 0 Å². The van der Waals surface area contributed by atoms with Crippen molar-refractivity contribution < 1.29 is 4.79 Å². The molecule has 1 saturated carbocycles. The van der Waals surface area contributed by atoms with Gasteiger partial charge in [0.1, 0.15) is 0 Å². The molecule has 3 nitrogen and oxygen atoms in total. The van der Waals surface area contributed by atoms with Crippen LogP contribution < -0.4 is 5.73 Å². The van der Waals surface area contributed by atoms with Crippen LogP contribution in [0.2, 0.25) is 0 Å². The Morgan fingerprint density at radius 1 is 1.31 bits per heavy atom. The van der Waals surface area contributed by atoms with Gasteiger partial charge < -0.3 is 10.6 Å². The van der Waals surface area contributed by atoms with E-state index in [1.807, 2.05) is 4.90 Å². The highest BCUT2D eigenvalue weighted by Crippen LogP contribution is 2.31. The number of likely N-dealkylation sites (tertiary alicyclic amines) is 1. The van der Waals surface area contributed by atoms with Crippen molar-refractivity contribution in [3.05, 3.63) is 0 Å². The summed E-state index contributed by atoms with van der Waals surface area (Å²) < 4.78 is 0. The summed E-state index contributed by atoms with van der Waals surface area (Å²) in [7, 11) is 0. The summed E-state index contributed by atoms with van der Waals surface area (Å²) in [6.07, 6.45) is 4.35. The first-order chi connectivity index (χ1) is 6.29. The molecule has 1 atom stereocenters. The average Bonchev–Trinajstić information content (AvgIpc) is 2.93. The van der Waals surface area contributed by atoms with E-state index in [0.717, 1.165) is 32.0 Å². The minimum Gasteiger partial charge on any atom is -0.342 e. The number of rotatable bonds is 3. The van der Waals surface area contributed by atoms with Crippen molar-refractivity contribution in [1.29, 1.82) is 0 Å². The molecule has 0 bridgehead atoms. The molecule has 0 aromatic heterocycles. The fourth-order valence-corrected chi connectivity index (χ4v) is 1.97. The van der Waals surface area contributed by atoms with Crippen LogP contribution in [0, 0.1) is 11.8 Å². The van der Waals surface area contributed by atoms with Gasteiger partial charge >= 0.3 is 0 Å². The first-order valence-electron chi connectivity index (χ1n) is 5.27. The van der Waals surface area contributed by atoms with E-state index in [1.165, 1.54) is 12.8 Å². The Balaban J connectivity index is 1.86. The quantitative estimate of drug-likeness (QED) is 0.694. The molecule has 2 N–H and O–H groups in total. The Labute approximate surface area is 79.3 Å². The Kier molecular flexibility index (Phi) is 2.54. The first-order valence-corrected chi connectivity index (χ1v) is 5.27. The van der Waals surface area contributed by atoms with Crippen LogP contribution in [0.4, 0.5) is 0 Å². The molecule has 0 unspecified atom stereocenters. The lowest BCUT2D eigenvalue weighted by Gasteiger charge is -2.32. The van der Waals surface area contributed by atoms with Crippen LogP contribution in [0.3, 0.4) is 0 Å². The third-order valence-electron chi connectivity index (χ3n) is 3.11. The van der Waals surface area contributed by atoms with Crippen molar-refractivity contribution in [1.82, 2.24) is 4.90 Å². The smallest absolute Gasteiger partial charge is 0.222 e. The van der Waals surface area contributed by atoms with Crippen LogP contribution in [0.25, 0.3) is 0 Å². The Morgan fingerprint density at radius 2 is 2.08 bits per heavy atom. The summed E-state index contributed by atoms with van der Waals surface area (Å²) in [6.45, 7) is 2.63. The molecule has 0 spiro atoms. The van der Waals surface area contributed by atoms with E-state index in [9.17, 15) is 4.79 Å². The molecule has 1 aliphatic carbocycles. The zero-order valence-corrected chi connectivity index (χ0v) is 8.04. The highest BCUT2D eigenvalue weighted by Gasteiger charge is 2.30. The standard InChI is InChI=1S/C10H18N2O/c11-5-9-3-4-10(13)12(7-9)6-8-1-2-8/h8-9H,1-7,11H2/t9-/m0/s1. The predicted molar refractivity (Wildman–Crippen MR) is 51.1 cm³/mol. The van der Waals surface area contributed by atoms with E-state index in [4.69, 9.17) is 5.73 Å². The topological polar surface area (TPSA) is 46.3 Å². The molecule has 2 rings (SSSR count). The maximum atomic E-state index is 11.5. The molecule has 1 aliphatic heterocycles. The van der Waals surface area contributed by atoms with Gasteiger partial charge in [0, 0.05) is 19.5 Å². The molecule has 2 fully saturated rings. The molecule has 0 aromatic carbocycles. The molecule has 1 saturated heterocycles. The van der Waals surface area contributed by atoms with E-state index in [1.54, 1.807) is 0 Å². The summed E-state index contributed by atoms with van der Waals surface area (Å²) in [5.74, 6) is 1.70. The SMILES string of the molecule is NC[C@@H]1CCC(=O)N(CC2CC2)C1. The number of carbonyl (C=O) groups excluding carboxylic acids is 1. The molecule has 74 valence electrons. The molecule has 0 aromatic rings. The normalized spacial score (nSPS) is 29.5. The number of hydrogen-bond donors (Lipinski definition) is 1. The predicted octanol–water partition coefficient (Wildman–Crippen LogP) is 0.594. The monoisotopic (exact) mass is 182 g/mol. The highest BCUT2D eigenvalue weighted by molar-refractivity contribution is 5.77. The molecule has 1 heterocycles. The van der Waals surface area contributed by atoms with Gasteiger partial charge in [-0.15, -0.1) is 0 Å². The van der Waals surface area contributed by atoms with Gasteiger partial charge in [0.2, 0.25) is 5.91 Å². The Bertz CT molecular complexity index is 201. The van der Waals surface area contributed by atoms with Gasteiger partial charge in [-0.25, -0.2) is 0 Å². The molecule has 3 heteroatoms. The lowest BCUT2D eigenvalue weighted by Crippen LogP contribution is -2.43. The number of nitrogens with zero attached hydrogens (tertiary/aromatic N) is 1. The van der Waals surface area contributed by atoms with Crippen LogP contribution in [-0.2, 0) is 4.79 Å². The molecule has 0 radical (unpaired) electrons. The molecular weight excluding hydrogens is 164 g/mol. The molecule has 13 heavy (non-hydrogen) atoms. The van der Waals surface area contributed by atoms with Crippen LogP contribution in [0.5, 0.6) is 0 Å². The summed E-state index contributed by atoms with van der Waals surface area (Å²) in [5, 5.41) is 0. The fourth-order valence-electron chi connectivity index (χ4n) is 1.97. The van der Waals surface area contributed by atoms with Crippen LogP contribution in [0.15, 0.2) is 0 Å².